The zero-order valence-electron chi connectivity index (χ0n) is 34.2. The summed E-state index contributed by atoms with van der Waals surface area (Å²) in [5, 5.41) is 22.3. The van der Waals surface area contributed by atoms with Crippen LogP contribution in [0.3, 0.4) is 0 Å². The molecule has 3 fully saturated rings. The number of aryl methyl sites for hydroxylation is 1. The van der Waals surface area contributed by atoms with Crippen LogP contribution in [0.2, 0.25) is 0 Å². The summed E-state index contributed by atoms with van der Waals surface area (Å²) < 4.78 is 0. The lowest BCUT2D eigenvalue weighted by molar-refractivity contribution is -0.152. The summed E-state index contributed by atoms with van der Waals surface area (Å²) in [5.74, 6) is -3.79. The van der Waals surface area contributed by atoms with Crippen molar-refractivity contribution < 1.29 is 33.9 Å². The molecule has 310 valence electrons. The fraction of sp³-hybridized carbons (Fsp3) is 0.727. The molecule has 1 aromatic carbocycles. The number of carbonyl (C=O) groups excluding carboxylic acids is 5. The van der Waals surface area contributed by atoms with Crippen LogP contribution in [0.5, 0.6) is 0 Å². The van der Waals surface area contributed by atoms with Gasteiger partial charge in [0.25, 0.3) is 0 Å². The lowest BCUT2D eigenvalue weighted by atomic mass is 9.81. The number of carboxylic acid groups (broad SMARTS) is 1. The van der Waals surface area contributed by atoms with Crippen LogP contribution in [0.1, 0.15) is 147 Å². The van der Waals surface area contributed by atoms with Gasteiger partial charge in [-0.15, -0.1) is 0 Å². The first kappa shape index (κ1) is 43.2. The van der Waals surface area contributed by atoms with Crippen molar-refractivity contribution in [2.75, 3.05) is 7.05 Å². The number of fused-ring (bicyclic) bond motifs is 1. The van der Waals surface area contributed by atoms with Crippen LogP contribution in [0.15, 0.2) is 24.3 Å². The standard InChI is InChI=1S/C44H67N5O7/c1-27(2)26-35(44(55)56)49(4)43(54)38(32-21-12-7-13-22-32)47-41(52)37(31-19-10-6-11-20-31)46-42(53)39(34-25-24-29-16-14-15-23-33(29)34)48-40(51)36(45-28(3)50)30-17-8-5-9-18-30/h14-16,23,27,30-32,34-39H,5-13,17-22,24-26H2,1-4H3,(H,45,50)(H,46,53)(H,47,52)(H,48,51)(H,55,56)/t34?,35-,36-,37-,38-,39-/m1/s1. The molecule has 6 atom stereocenters. The number of carbonyl (C=O) groups is 6. The van der Waals surface area contributed by atoms with Crippen LogP contribution in [0, 0.1) is 23.7 Å². The van der Waals surface area contributed by atoms with E-state index in [1.54, 1.807) is 0 Å². The predicted molar refractivity (Wildman–Crippen MR) is 214 cm³/mol. The Labute approximate surface area is 333 Å². The Morgan fingerprint density at radius 1 is 0.643 bits per heavy atom. The second-order valence-electron chi connectivity index (χ2n) is 17.6. The van der Waals surface area contributed by atoms with E-state index in [1.807, 2.05) is 38.1 Å². The molecule has 0 spiro atoms. The summed E-state index contributed by atoms with van der Waals surface area (Å²) in [6.45, 7) is 5.24. The maximum absolute atomic E-state index is 14.8. The van der Waals surface area contributed by atoms with Crippen LogP contribution < -0.4 is 21.3 Å². The third kappa shape index (κ3) is 11.1. The van der Waals surface area contributed by atoms with E-state index in [0.29, 0.717) is 6.42 Å². The topological polar surface area (TPSA) is 174 Å². The number of nitrogens with zero attached hydrogens (tertiary/aromatic N) is 1. The molecule has 0 aliphatic heterocycles. The highest BCUT2D eigenvalue weighted by molar-refractivity contribution is 5.96. The van der Waals surface area contributed by atoms with Gasteiger partial charge in [0.2, 0.25) is 29.5 Å². The van der Waals surface area contributed by atoms with Gasteiger partial charge in [-0.3, -0.25) is 24.0 Å². The first-order valence-corrected chi connectivity index (χ1v) is 21.6. The Hall–Kier alpha value is -3.96. The van der Waals surface area contributed by atoms with Crippen LogP contribution in [0.25, 0.3) is 0 Å². The minimum absolute atomic E-state index is 0.0384. The zero-order valence-corrected chi connectivity index (χ0v) is 34.2. The molecule has 4 aliphatic carbocycles. The lowest BCUT2D eigenvalue weighted by Gasteiger charge is -2.37. The molecule has 0 saturated heterocycles. The first-order chi connectivity index (χ1) is 26.8. The monoisotopic (exact) mass is 778 g/mol. The van der Waals surface area contributed by atoms with E-state index in [9.17, 15) is 33.9 Å². The third-order valence-electron chi connectivity index (χ3n) is 13.1. The molecule has 0 aromatic heterocycles. The van der Waals surface area contributed by atoms with Crippen molar-refractivity contribution in [1.29, 1.82) is 0 Å². The summed E-state index contributed by atoms with van der Waals surface area (Å²) in [6, 6.07) is 3.24. The van der Waals surface area contributed by atoms with E-state index >= 15 is 0 Å². The molecular formula is C44H67N5O7. The SMILES string of the molecule is CC(=O)N[C@@H](C(=O)N[C@@H](C(=O)N[C@@H](C(=O)N[C@@H](C(=O)N(C)[C@H](CC(C)C)C(=O)O)C1CCCCC1)C1CCCCC1)C1CCc2ccccc21)C1CCCCC1. The van der Waals surface area contributed by atoms with Gasteiger partial charge in [-0.25, -0.2) is 4.79 Å². The highest BCUT2D eigenvalue weighted by Crippen LogP contribution is 2.37. The molecule has 4 aliphatic rings. The molecule has 56 heavy (non-hydrogen) atoms. The Kier molecular flexibility index (Phi) is 15.8. The Morgan fingerprint density at radius 2 is 1.09 bits per heavy atom. The Balaban J connectivity index is 1.44. The fourth-order valence-corrected chi connectivity index (χ4v) is 10.1. The minimum Gasteiger partial charge on any atom is -0.480 e. The molecule has 0 heterocycles. The van der Waals surface area contributed by atoms with Gasteiger partial charge in [-0.1, -0.05) is 95.9 Å². The smallest absolute Gasteiger partial charge is 0.326 e. The molecule has 0 radical (unpaired) electrons. The molecule has 3 saturated carbocycles. The van der Waals surface area contributed by atoms with Crippen LogP contribution >= 0.6 is 0 Å². The number of aliphatic carboxylic acids is 1. The molecule has 1 aromatic rings. The molecule has 1 unspecified atom stereocenters. The molecule has 0 bridgehead atoms. The van der Waals surface area contributed by atoms with Crippen LogP contribution in [0.4, 0.5) is 0 Å². The average Bonchev–Trinajstić information content (AvgIpc) is 3.63. The van der Waals surface area contributed by atoms with E-state index in [1.165, 1.54) is 18.9 Å². The number of likely N-dealkylation sites (N-methyl/N-ethyl adjacent to an activating group) is 1. The molecular weight excluding hydrogens is 711 g/mol. The lowest BCUT2D eigenvalue weighted by Crippen LogP contribution is -2.62. The van der Waals surface area contributed by atoms with Crippen molar-refractivity contribution in [3.63, 3.8) is 0 Å². The van der Waals surface area contributed by atoms with E-state index in [0.717, 1.165) is 114 Å². The number of nitrogens with one attached hydrogen (secondary N) is 4. The second-order valence-corrected chi connectivity index (χ2v) is 17.6. The van der Waals surface area contributed by atoms with Gasteiger partial charge >= 0.3 is 5.97 Å². The van der Waals surface area contributed by atoms with E-state index < -0.39 is 59.8 Å². The third-order valence-corrected chi connectivity index (χ3v) is 13.1. The quantitative estimate of drug-likeness (QED) is 0.150. The van der Waals surface area contributed by atoms with E-state index in [4.69, 9.17) is 0 Å². The number of benzene rings is 1. The fourth-order valence-electron chi connectivity index (χ4n) is 10.1. The average molecular weight is 778 g/mol. The number of carboxylic acids is 1. The van der Waals surface area contributed by atoms with Gasteiger partial charge in [0.05, 0.1) is 0 Å². The molecule has 5 N–H and O–H groups in total. The van der Waals surface area contributed by atoms with Crippen molar-refractivity contribution in [2.24, 2.45) is 23.7 Å². The van der Waals surface area contributed by atoms with Gasteiger partial charge in [-0.2, -0.15) is 0 Å². The second kappa shape index (κ2) is 20.5. The largest absolute Gasteiger partial charge is 0.480 e. The highest BCUT2D eigenvalue weighted by atomic mass is 16.4. The van der Waals surface area contributed by atoms with Crippen molar-refractivity contribution >= 4 is 35.5 Å². The number of hydrogen-bond acceptors (Lipinski definition) is 6. The number of amides is 5. The van der Waals surface area contributed by atoms with Crippen LogP contribution in [-0.4, -0.2) is 82.8 Å². The Morgan fingerprint density at radius 3 is 1.59 bits per heavy atom. The summed E-state index contributed by atoms with van der Waals surface area (Å²) in [7, 11) is 1.51. The van der Waals surface area contributed by atoms with Crippen LogP contribution in [-0.2, 0) is 35.2 Å². The van der Waals surface area contributed by atoms with Gasteiger partial charge in [-0.05, 0) is 92.6 Å². The van der Waals surface area contributed by atoms with Crippen molar-refractivity contribution in [1.82, 2.24) is 26.2 Å². The zero-order chi connectivity index (χ0) is 40.4. The molecule has 12 nitrogen and oxygen atoms in total. The number of hydrogen-bond donors (Lipinski definition) is 5. The van der Waals surface area contributed by atoms with Gasteiger partial charge < -0.3 is 31.3 Å². The molecule has 12 heteroatoms. The predicted octanol–water partition coefficient (Wildman–Crippen LogP) is 5.37. The summed E-state index contributed by atoms with van der Waals surface area (Å²) in [4.78, 5) is 84.1. The summed E-state index contributed by atoms with van der Waals surface area (Å²) >= 11 is 0. The van der Waals surface area contributed by atoms with Crippen molar-refractivity contribution in [2.45, 2.75) is 172 Å². The van der Waals surface area contributed by atoms with Gasteiger partial charge in [0.15, 0.2) is 0 Å². The Bertz CT molecular complexity index is 1530. The van der Waals surface area contributed by atoms with Crippen molar-refractivity contribution in [3.05, 3.63) is 35.4 Å². The summed E-state index contributed by atoms with van der Waals surface area (Å²) in [5.41, 5.74) is 2.10. The first-order valence-electron chi connectivity index (χ1n) is 21.6. The normalized spacial score (nSPS) is 22.1. The van der Waals surface area contributed by atoms with E-state index in [2.05, 4.69) is 21.3 Å². The minimum atomic E-state index is -1.08. The summed E-state index contributed by atoms with van der Waals surface area (Å²) in [6.07, 6.45) is 14.9. The number of rotatable bonds is 16. The molecule has 5 rings (SSSR count). The maximum Gasteiger partial charge on any atom is 0.326 e. The van der Waals surface area contributed by atoms with Crippen molar-refractivity contribution in [3.8, 4) is 0 Å². The van der Waals surface area contributed by atoms with Gasteiger partial charge in [0.1, 0.15) is 30.2 Å². The maximum atomic E-state index is 14.8. The molecule has 5 amide bonds. The van der Waals surface area contributed by atoms with Gasteiger partial charge in [0, 0.05) is 19.9 Å². The highest BCUT2D eigenvalue weighted by Gasteiger charge is 2.43. The van der Waals surface area contributed by atoms with E-state index in [-0.39, 0.29) is 41.9 Å².